The lowest BCUT2D eigenvalue weighted by Crippen LogP contribution is -2.54. The van der Waals surface area contributed by atoms with Gasteiger partial charge in [0.15, 0.2) is 17.2 Å². The number of halogens is 2. The van der Waals surface area contributed by atoms with Crippen molar-refractivity contribution in [3.05, 3.63) is 86.9 Å². The largest absolute Gasteiger partial charge is 0.486 e. The summed E-state index contributed by atoms with van der Waals surface area (Å²) in [4.78, 5) is 39.0. The SMILES string of the molecule is Cc1cccc(COc2c(Cl)cc(/C=C3\C(=O)NC(=O)N(c4ccc5c(c4)OCO5)C3=O)cc2Cl)c1. The molecule has 0 unspecified atom stereocenters. The standard InChI is InChI=1S/C26H18Cl2N2O6/c1-14-3-2-4-15(7-14)12-34-23-19(27)9-16(10-20(23)28)8-18-24(31)29-26(33)30(25(18)32)17-5-6-21-22(11-17)36-13-35-21/h2-11H,12-13H2,1H3,(H,29,31,33)/b18-8+. The number of amides is 4. The fourth-order valence-electron chi connectivity index (χ4n) is 3.84. The molecule has 1 fully saturated rings. The number of rotatable bonds is 5. The Morgan fingerprint density at radius 1 is 1.00 bits per heavy atom. The van der Waals surface area contributed by atoms with E-state index >= 15 is 0 Å². The number of urea groups is 1. The van der Waals surface area contributed by atoms with Crippen LogP contribution >= 0.6 is 23.2 Å². The molecule has 0 aromatic heterocycles. The van der Waals surface area contributed by atoms with Crippen LogP contribution in [0.15, 0.2) is 60.2 Å². The first-order valence-corrected chi connectivity index (χ1v) is 11.5. The summed E-state index contributed by atoms with van der Waals surface area (Å²) in [6, 6.07) is 14.6. The molecular formula is C26H18Cl2N2O6. The number of fused-ring (bicyclic) bond motifs is 1. The first-order chi connectivity index (χ1) is 17.3. The number of anilines is 1. The lowest BCUT2D eigenvalue weighted by Gasteiger charge is -2.26. The van der Waals surface area contributed by atoms with Gasteiger partial charge in [0.2, 0.25) is 6.79 Å². The maximum absolute atomic E-state index is 13.2. The first-order valence-electron chi connectivity index (χ1n) is 10.8. The second-order valence-electron chi connectivity index (χ2n) is 8.09. The van der Waals surface area contributed by atoms with E-state index in [9.17, 15) is 14.4 Å². The third kappa shape index (κ3) is 4.60. The van der Waals surface area contributed by atoms with Crippen molar-refractivity contribution in [2.45, 2.75) is 13.5 Å². The van der Waals surface area contributed by atoms with Crippen LogP contribution < -0.4 is 24.4 Å². The Morgan fingerprint density at radius 2 is 1.75 bits per heavy atom. The minimum atomic E-state index is -0.878. The summed E-state index contributed by atoms with van der Waals surface area (Å²) in [5.41, 5.74) is 2.38. The zero-order valence-electron chi connectivity index (χ0n) is 18.8. The van der Waals surface area contributed by atoms with Crippen molar-refractivity contribution in [2.75, 3.05) is 11.7 Å². The maximum atomic E-state index is 13.2. The zero-order chi connectivity index (χ0) is 25.4. The summed E-state index contributed by atoms with van der Waals surface area (Å²) in [5, 5.41) is 2.58. The van der Waals surface area contributed by atoms with E-state index in [0.29, 0.717) is 17.1 Å². The molecule has 8 nitrogen and oxygen atoms in total. The number of carbonyl (C=O) groups is 3. The van der Waals surface area contributed by atoms with Gasteiger partial charge in [-0.25, -0.2) is 9.69 Å². The summed E-state index contributed by atoms with van der Waals surface area (Å²) in [5.74, 6) is -0.498. The number of hydrogen-bond acceptors (Lipinski definition) is 6. The molecule has 1 N–H and O–H groups in total. The smallest absolute Gasteiger partial charge is 0.335 e. The highest BCUT2D eigenvalue weighted by atomic mass is 35.5. The number of carbonyl (C=O) groups excluding carboxylic acids is 3. The lowest BCUT2D eigenvalue weighted by atomic mass is 10.1. The summed E-state index contributed by atoms with van der Waals surface area (Å²) in [7, 11) is 0. The third-order valence-corrected chi connectivity index (χ3v) is 6.07. The van der Waals surface area contributed by atoms with Gasteiger partial charge in [-0.3, -0.25) is 14.9 Å². The molecule has 0 atom stereocenters. The number of imide groups is 2. The number of hydrogen-bond donors (Lipinski definition) is 1. The van der Waals surface area contributed by atoms with Gasteiger partial charge in [0, 0.05) is 6.07 Å². The molecule has 1 saturated heterocycles. The van der Waals surface area contributed by atoms with Gasteiger partial charge in [-0.15, -0.1) is 0 Å². The minimum Gasteiger partial charge on any atom is -0.486 e. The quantitative estimate of drug-likeness (QED) is 0.360. The van der Waals surface area contributed by atoms with E-state index < -0.39 is 17.8 Å². The average molecular weight is 525 g/mol. The lowest BCUT2D eigenvalue weighted by molar-refractivity contribution is -0.122. The van der Waals surface area contributed by atoms with Crippen LogP contribution in [0.1, 0.15) is 16.7 Å². The monoisotopic (exact) mass is 524 g/mol. The first kappa shape index (κ1) is 23.7. The predicted octanol–water partition coefficient (Wildman–Crippen LogP) is 5.28. The topological polar surface area (TPSA) is 94.2 Å². The molecule has 4 amide bonds. The Bertz CT molecular complexity index is 1430. The van der Waals surface area contributed by atoms with Gasteiger partial charge in [-0.2, -0.15) is 0 Å². The number of nitrogens with zero attached hydrogens (tertiary/aromatic N) is 1. The van der Waals surface area contributed by atoms with Crippen molar-refractivity contribution in [2.24, 2.45) is 0 Å². The summed E-state index contributed by atoms with van der Waals surface area (Å²) < 4.78 is 16.4. The van der Waals surface area contributed by atoms with Crippen LogP contribution in [0.4, 0.5) is 10.5 Å². The third-order valence-electron chi connectivity index (χ3n) is 5.51. The van der Waals surface area contributed by atoms with Gasteiger partial charge in [0.1, 0.15) is 12.2 Å². The highest BCUT2D eigenvalue weighted by Crippen LogP contribution is 2.38. The molecule has 2 aliphatic heterocycles. The van der Waals surface area contributed by atoms with Crippen LogP contribution in [-0.4, -0.2) is 24.6 Å². The molecule has 0 bridgehead atoms. The fraction of sp³-hybridized carbons (Fsp3) is 0.115. The van der Waals surface area contributed by atoms with Gasteiger partial charge in [0.05, 0.1) is 15.7 Å². The summed E-state index contributed by atoms with van der Waals surface area (Å²) in [6.07, 6.45) is 1.31. The van der Waals surface area contributed by atoms with E-state index in [-0.39, 0.29) is 40.5 Å². The maximum Gasteiger partial charge on any atom is 0.335 e. The average Bonchev–Trinajstić information content (AvgIpc) is 3.29. The molecule has 2 aliphatic rings. The van der Waals surface area contributed by atoms with E-state index in [1.54, 1.807) is 6.07 Å². The van der Waals surface area contributed by atoms with Gasteiger partial charge in [0.25, 0.3) is 11.8 Å². The summed E-state index contributed by atoms with van der Waals surface area (Å²) in [6.45, 7) is 2.28. The van der Waals surface area contributed by atoms with E-state index in [4.69, 9.17) is 37.4 Å². The van der Waals surface area contributed by atoms with Crippen LogP contribution in [0.3, 0.4) is 0 Å². The highest BCUT2D eigenvalue weighted by molar-refractivity contribution is 6.40. The van der Waals surface area contributed by atoms with Crippen molar-refractivity contribution in [1.29, 1.82) is 0 Å². The Hall–Kier alpha value is -4.01. The number of benzene rings is 3. The number of barbiturate groups is 1. The van der Waals surface area contributed by atoms with E-state index in [2.05, 4.69) is 5.32 Å². The van der Waals surface area contributed by atoms with Crippen LogP contribution in [0.25, 0.3) is 6.08 Å². The van der Waals surface area contributed by atoms with Crippen molar-refractivity contribution in [3.8, 4) is 17.2 Å². The minimum absolute atomic E-state index is 0.0365. The molecular weight excluding hydrogens is 507 g/mol. The van der Waals surface area contributed by atoms with E-state index in [1.165, 1.54) is 30.3 Å². The summed E-state index contributed by atoms with van der Waals surface area (Å²) >= 11 is 12.8. The van der Waals surface area contributed by atoms with E-state index in [1.807, 2.05) is 31.2 Å². The van der Waals surface area contributed by atoms with Gasteiger partial charge >= 0.3 is 6.03 Å². The van der Waals surface area contributed by atoms with Gasteiger partial charge in [-0.1, -0.05) is 53.0 Å². The highest BCUT2D eigenvalue weighted by Gasteiger charge is 2.37. The Kier molecular flexibility index (Phi) is 6.30. The molecule has 0 radical (unpaired) electrons. The molecule has 182 valence electrons. The molecule has 2 heterocycles. The number of nitrogens with one attached hydrogen (secondary N) is 1. The van der Waals surface area contributed by atoms with Gasteiger partial charge < -0.3 is 14.2 Å². The van der Waals surface area contributed by atoms with Crippen LogP contribution in [0.5, 0.6) is 17.2 Å². The predicted molar refractivity (Wildman–Crippen MR) is 134 cm³/mol. The van der Waals surface area contributed by atoms with Crippen LogP contribution in [0, 0.1) is 6.92 Å². The molecule has 0 aliphatic carbocycles. The zero-order valence-corrected chi connectivity index (χ0v) is 20.4. The van der Waals surface area contributed by atoms with Crippen molar-refractivity contribution in [3.63, 3.8) is 0 Å². The molecule has 3 aromatic rings. The van der Waals surface area contributed by atoms with Crippen molar-refractivity contribution < 1.29 is 28.6 Å². The molecule has 5 rings (SSSR count). The molecule has 0 spiro atoms. The molecule has 36 heavy (non-hydrogen) atoms. The second kappa shape index (κ2) is 9.56. The second-order valence-corrected chi connectivity index (χ2v) is 8.90. The molecule has 0 saturated carbocycles. The Labute approximate surface area is 216 Å². The fourth-order valence-corrected chi connectivity index (χ4v) is 4.45. The molecule has 10 heteroatoms. The van der Waals surface area contributed by atoms with Crippen molar-refractivity contribution in [1.82, 2.24) is 5.32 Å². The van der Waals surface area contributed by atoms with Gasteiger partial charge in [-0.05, 0) is 48.4 Å². The van der Waals surface area contributed by atoms with E-state index in [0.717, 1.165) is 16.0 Å². The van der Waals surface area contributed by atoms with Crippen LogP contribution in [-0.2, 0) is 16.2 Å². The van der Waals surface area contributed by atoms with Crippen molar-refractivity contribution >= 4 is 52.8 Å². The normalized spacial score (nSPS) is 15.9. The Morgan fingerprint density at radius 3 is 2.50 bits per heavy atom. The molecule has 3 aromatic carbocycles. The van der Waals surface area contributed by atoms with Crippen LogP contribution in [0.2, 0.25) is 10.0 Å². The number of ether oxygens (including phenoxy) is 3. The number of aryl methyl sites for hydroxylation is 1. The Balaban J connectivity index is 1.41.